The molecule has 1 saturated carbocycles. The second-order valence-electron chi connectivity index (χ2n) is 17.7. The van der Waals surface area contributed by atoms with Crippen LogP contribution in [0, 0.1) is 40.4 Å². The minimum atomic E-state index is -1.72. The van der Waals surface area contributed by atoms with Crippen molar-refractivity contribution in [2.45, 2.75) is 135 Å². The van der Waals surface area contributed by atoms with Crippen molar-refractivity contribution in [1.29, 1.82) is 0 Å². The van der Waals surface area contributed by atoms with Crippen molar-refractivity contribution in [3.63, 3.8) is 0 Å². The molecule has 3 heterocycles. The highest BCUT2D eigenvalue weighted by molar-refractivity contribution is 6.49. The van der Waals surface area contributed by atoms with Crippen LogP contribution in [-0.4, -0.2) is 80.2 Å². The number of aromatic nitrogens is 1. The van der Waals surface area contributed by atoms with Crippen LogP contribution in [-0.2, 0) is 28.6 Å². The summed E-state index contributed by atoms with van der Waals surface area (Å²) in [4.78, 5) is 57.5. The quantitative estimate of drug-likeness (QED) is 0.101. The number of ketones is 1. The topological polar surface area (TPSA) is 184 Å². The second kappa shape index (κ2) is 16.6. The predicted molar refractivity (Wildman–Crippen MR) is 221 cm³/mol. The Kier molecular flexibility index (Phi) is 12.4. The zero-order valence-electron chi connectivity index (χ0n) is 34.1. The maximum atomic E-state index is 15.1. The lowest BCUT2D eigenvalue weighted by Crippen LogP contribution is -2.58. The molecule has 1 spiro atoms. The van der Waals surface area contributed by atoms with Crippen molar-refractivity contribution in [3.05, 3.63) is 68.2 Å². The van der Waals surface area contributed by atoms with Gasteiger partial charge in [-0.1, -0.05) is 92.4 Å². The van der Waals surface area contributed by atoms with Gasteiger partial charge in [-0.2, -0.15) is 0 Å². The number of carboxylic acids is 1. The van der Waals surface area contributed by atoms with Crippen LogP contribution in [0.4, 0.5) is 0 Å². The Morgan fingerprint density at radius 3 is 2.46 bits per heavy atom. The molecule has 1 aromatic rings. The number of fused-ring (bicyclic) bond motifs is 4. The minimum Gasteiger partial charge on any atom is -0.511 e. The van der Waals surface area contributed by atoms with Gasteiger partial charge in [0.2, 0.25) is 5.78 Å². The Hall–Kier alpha value is -3.13. The van der Waals surface area contributed by atoms with Crippen molar-refractivity contribution in [2.24, 2.45) is 40.4 Å². The largest absolute Gasteiger partial charge is 0.511 e. The van der Waals surface area contributed by atoms with Crippen LogP contribution >= 0.6 is 34.8 Å². The highest BCUT2D eigenvalue weighted by Gasteiger charge is 2.67. The fraction of sp³-hybridized carbons (Fsp3) is 0.636. The van der Waals surface area contributed by atoms with E-state index in [4.69, 9.17) is 49.0 Å². The van der Waals surface area contributed by atoms with Crippen LogP contribution in [0.1, 0.15) is 109 Å². The summed E-state index contributed by atoms with van der Waals surface area (Å²) in [7, 11) is 0. The fourth-order valence-electron chi connectivity index (χ4n) is 11.3. The second-order valence-corrected chi connectivity index (χ2v) is 18.8. The Morgan fingerprint density at radius 1 is 1.07 bits per heavy atom. The Bertz CT molecular complexity index is 2000. The van der Waals surface area contributed by atoms with Gasteiger partial charge >= 0.3 is 11.9 Å². The van der Waals surface area contributed by atoms with Gasteiger partial charge in [0.05, 0.1) is 39.8 Å². The number of amides is 1. The van der Waals surface area contributed by atoms with Crippen molar-refractivity contribution < 1.29 is 48.7 Å². The molecule has 13 atom stereocenters. The summed E-state index contributed by atoms with van der Waals surface area (Å²) in [6.45, 7) is 9.43. The number of carbonyl (C=O) groups excluding carboxylic acids is 3. The number of aliphatic carboxylic acids is 1. The molecule has 0 radical (unpaired) electrons. The number of aromatic amines is 1. The number of hydrogen-bond donors (Lipinski definition) is 5. The number of halogens is 3. The van der Waals surface area contributed by atoms with E-state index in [0.29, 0.717) is 32.1 Å². The number of H-pyrrole nitrogens is 1. The van der Waals surface area contributed by atoms with Crippen molar-refractivity contribution in [1.82, 2.24) is 10.3 Å². The molecule has 59 heavy (non-hydrogen) atoms. The molecular formula is C44H55Cl3N2O10. The van der Waals surface area contributed by atoms with E-state index < -0.39 is 76.6 Å². The number of aliphatic hydroxyl groups excluding tert-OH is 2. The lowest BCUT2D eigenvalue weighted by molar-refractivity contribution is -0.258. The number of carboxylic acid groups (broad SMARTS) is 1. The normalized spacial score (nSPS) is 39.8. The molecular weight excluding hydrogens is 823 g/mol. The summed E-state index contributed by atoms with van der Waals surface area (Å²) in [6.07, 6.45) is 12.1. The van der Waals surface area contributed by atoms with Crippen molar-refractivity contribution in [2.75, 3.05) is 0 Å². The maximum Gasteiger partial charge on any atom is 0.346 e. The monoisotopic (exact) mass is 876 g/mol. The van der Waals surface area contributed by atoms with Crippen LogP contribution in [0.2, 0.25) is 15.2 Å². The van der Waals surface area contributed by atoms with Gasteiger partial charge in [-0.3, -0.25) is 9.59 Å². The fourth-order valence-corrected chi connectivity index (χ4v) is 12.0. The van der Waals surface area contributed by atoms with Gasteiger partial charge in [-0.05, 0) is 82.5 Å². The van der Waals surface area contributed by atoms with E-state index in [-0.39, 0.29) is 74.3 Å². The number of esters is 1. The number of allylic oxidation sites excluding steroid dienone is 3. The summed E-state index contributed by atoms with van der Waals surface area (Å²) >= 11 is 18.3. The number of hydrogen-bond acceptors (Lipinski definition) is 9. The Morgan fingerprint density at radius 2 is 1.81 bits per heavy atom. The summed E-state index contributed by atoms with van der Waals surface area (Å²) < 4.78 is 19.3. The van der Waals surface area contributed by atoms with Crippen LogP contribution in [0.15, 0.2) is 47.3 Å². The molecule has 1 amide bonds. The molecule has 1 aromatic heterocycles. The molecule has 12 nitrogen and oxygen atoms in total. The van der Waals surface area contributed by atoms with Gasteiger partial charge in [0, 0.05) is 29.7 Å². The van der Waals surface area contributed by atoms with E-state index in [9.17, 15) is 29.7 Å². The molecule has 15 heteroatoms. The summed E-state index contributed by atoms with van der Waals surface area (Å²) in [5.74, 6) is -4.60. The van der Waals surface area contributed by atoms with Crippen LogP contribution in [0.25, 0.3) is 0 Å². The Balaban J connectivity index is 1.21. The van der Waals surface area contributed by atoms with Gasteiger partial charge < -0.3 is 39.8 Å². The molecule has 322 valence electrons. The van der Waals surface area contributed by atoms with Gasteiger partial charge in [-0.25, -0.2) is 9.59 Å². The molecule has 13 unspecified atom stereocenters. The average Bonchev–Trinajstić information content (AvgIpc) is 3.60. The standard InChI is InChI=1S/C44H55Cl3N2O10/c1-6-23-19-44-37(52)30(41(56)59-44)36(51)43(7-2)24(12-10-8-9-11-17-42(44,5)20-26(23)40(54)55)14-15-25-27(43)16-13-21(3)35(25)58-29-18-28(50)33(22(4)57-29)49-39(53)34-31(45)32(46)38(47)48-34/h11,14-15,17,20-25,27-29,33,35,48,50-51H,6-10,12-13,16,18-19H2,1-5H3,(H,49,53)(H,54,55). The van der Waals surface area contributed by atoms with Gasteiger partial charge in [0.15, 0.2) is 11.9 Å². The maximum absolute atomic E-state index is 15.1. The third kappa shape index (κ3) is 7.21. The molecule has 2 saturated heterocycles. The zero-order valence-corrected chi connectivity index (χ0v) is 36.3. The SMILES string of the molecule is CCC1CC23OC(=O)C(=C(O)C4(CC)C(C=CC5C(OC6CC(O)C(NC(=O)c7[nH]c(Cl)c(Cl)c7Cl)C(C)O6)C(C)CCC54)CCCCC=CC2(C)C=C1C(=O)O)C3=O. The van der Waals surface area contributed by atoms with Gasteiger partial charge in [0.25, 0.3) is 5.91 Å². The average molecular weight is 878 g/mol. The first-order valence-corrected chi connectivity index (χ1v) is 22.1. The number of Topliss-reactive ketones (excluding diaryl/α,β-unsaturated/α-hetero) is 1. The zero-order chi connectivity index (χ0) is 42.8. The summed E-state index contributed by atoms with van der Waals surface area (Å²) in [6, 6.07) is -0.800. The smallest absolute Gasteiger partial charge is 0.346 e. The summed E-state index contributed by atoms with van der Waals surface area (Å²) in [5, 5.41) is 37.1. The molecule has 2 aliphatic heterocycles. The first-order valence-electron chi connectivity index (χ1n) is 21.0. The molecule has 2 bridgehead atoms. The third-order valence-corrected chi connectivity index (χ3v) is 15.8. The predicted octanol–water partition coefficient (Wildman–Crippen LogP) is 8.45. The van der Waals surface area contributed by atoms with Gasteiger partial charge in [0.1, 0.15) is 22.2 Å². The van der Waals surface area contributed by atoms with Crippen molar-refractivity contribution >= 4 is 58.4 Å². The highest BCUT2D eigenvalue weighted by atomic mass is 35.5. The van der Waals surface area contributed by atoms with E-state index >= 15 is 4.79 Å². The lowest BCUT2D eigenvalue weighted by atomic mass is 9.50. The number of carbonyl (C=O) groups is 4. The van der Waals surface area contributed by atoms with Crippen LogP contribution < -0.4 is 5.32 Å². The number of nitrogens with one attached hydrogen (secondary N) is 2. The molecule has 7 rings (SSSR count). The molecule has 6 aliphatic rings. The molecule has 3 fully saturated rings. The number of rotatable bonds is 7. The highest BCUT2D eigenvalue weighted by Crippen LogP contribution is 2.61. The Labute approximate surface area is 359 Å². The van der Waals surface area contributed by atoms with E-state index in [2.05, 4.69) is 29.4 Å². The van der Waals surface area contributed by atoms with Crippen LogP contribution in [0.5, 0.6) is 0 Å². The van der Waals surface area contributed by atoms with E-state index in [1.165, 1.54) is 0 Å². The first kappa shape index (κ1) is 43.9. The van der Waals surface area contributed by atoms with Gasteiger partial charge in [-0.15, -0.1) is 0 Å². The number of ether oxygens (including phenoxy) is 3. The van der Waals surface area contributed by atoms with E-state index in [1.807, 2.05) is 26.0 Å². The summed E-state index contributed by atoms with van der Waals surface area (Å²) in [5.41, 5.74) is -4.18. The molecule has 0 aromatic carbocycles. The third-order valence-electron chi connectivity index (χ3n) is 14.6. The van der Waals surface area contributed by atoms with E-state index in [1.54, 1.807) is 19.9 Å². The van der Waals surface area contributed by atoms with Crippen LogP contribution in [0.3, 0.4) is 0 Å². The number of aliphatic hydroxyl groups is 2. The molecule has 5 N–H and O–H groups in total. The van der Waals surface area contributed by atoms with E-state index in [0.717, 1.165) is 19.3 Å². The first-order chi connectivity index (χ1) is 27.9. The minimum absolute atomic E-state index is 0.00955. The molecule has 4 aliphatic carbocycles. The lowest BCUT2D eigenvalue weighted by Gasteiger charge is -2.55. The van der Waals surface area contributed by atoms with Crippen molar-refractivity contribution in [3.8, 4) is 0 Å².